The second-order valence-electron chi connectivity index (χ2n) is 3.87. The molecule has 0 radical (unpaired) electrons. The molecular weight excluding hydrogens is 290 g/mol. The van der Waals surface area contributed by atoms with Crippen molar-refractivity contribution >= 4 is 15.9 Å². The highest BCUT2D eigenvalue weighted by Gasteiger charge is 2.04. The highest BCUT2D eigenvalue weighted by Crippen LogP contribution is 2.18. The van der Waals surface area contributed by atoms with Crippen LogP contribution in [0.3, 0.4) is 0 Å². The fourth-order valence-electron chi connectivity index (χ4n) is 1.73. The van der Waals surface area contributed by atoms with E-state index in [1.807, 2.05) is 54.6 Å². The van der Waals surface area contributed by atoms with Gasteiger partial charge in [-0.25, -0.2) is 0 Å². The molecule has 0 aliphatic rings. The van der Waals surface area contributed by atoms with Crippen molar-refractivity contribution in [2.45, 2.75) is 0 Å². The Morgan fingerprint density at radius 3 is 2.56 bits per heavy atom. The lowest BCUT2D eigenvalue weighted by atomic mass is 10.2. The van der Waals surface area contributed by atoms with Crippen molar-refractivity contribution in [1.29, 1.82) is 0 Å². The van der Waals surface area contributed by atoms with Crippen LogP contribution in [0.2, 0.25) is 0 Å². The summed E-state index contributed by atoms with van der Waals surface area (Å²) in [4.78, 5) is 1.63. The third-order valence-electron chi connectivity index (χ3n) is 2.60. The Morgan fingerprint density at radius 1 is 0.944 bits per heavy atom. The molecule has 0 amide bonds. The molecule has 0 saturated heterocycles. The summed E-state index contributed by atoms with van der Waals surface area (Å²) in [5.41, 5.74) is 2.88. The maximum atomic E-state index is 4.48. The van der Waals surface area contributed by atoms with E-state index in [1.165, 1.54) is 0 Å². The number of hydrogen-bond donors (Lipinski definition) is 0. The zero-order chi connectivity index (χ0) is 12.4. The third kappa shape index (κ3) is 2.19. The number of hydrogen-bond acceptors (Lipinski definition) is 2. The van der Waals surface area contributed by atoms with Gasteiger partial charge in [0.15, 0.2) is 0 Å². The van der Waals surface area contributed by atoms with Crippen LogP contribution in [0.5, 0.6) is 0 Å². The van der Waals surface area contributed by atoms with Crippen LogP contribution in [0, 0.1) is 0 Å². The molecule has 1 heterocycles. The van der Waals surface area contributed by atoms with Gasteiger partial charge in [-0.05, 0) is 18.2 Å². The summed E-state index contributed by atoms with van der Waals surface area (Å²) in [6, 6.07) is 17.9. The first-order chi connectivity index (χ1) is 8.83. The lowest BCUT2D eigenvalue weighted by Crippen LogP contribution is -1.98. The SMILES string of the molecule is Brc1cccc(-n2ncc(-c3ccccc3)n2)c1. The van der Waals surface area contributed by atoms with Crippen LogP contribution < -0.4 is 0 Å². The summed E-state index contributed by atoms with van der Waals surface area (Å²) in [7, 11) is 0. The summed E-state index contributed by atoms with van der Waals surface area (Å²) in [6.07, 6.45) is 1.77. The van der Waals surface area contributed by atoms with E-state index in [0.29, 0.717) is 0 Å². The van der Waals surface area contributed by atoms with Gasteiger partial charge in [-0.3, -0.25) is 0 Å². The van der Waals surface area contributed by atoms with Gasteiger partial charge in [0.05, 0.1) is 11.9 Å². The number of aromatic nitrogens is 3. The fraction of sp³-hybridized carbons (Fsp3) is 0. The molecule has 4 heteroatoms. The molecule has 0 N–H and O–H groups in total. The minimum Gasteiger partial charge on any atom is -0.156 e. The first-order valence-corrected chi connectivity index (χ1v) is 6.36. The Bertz CT molecular complexity index is 662. The minimum atomic E-state index is 0.871. The van der Waals surface area contributed by atoms with E-state index in [9.17, 15) is 0 Å². The Labute approximate surface area is 113 Å². The Morgan fingerprint density at radius 2 is 1.78 bits per heavy atom. The van der Waals surface area contributed by atoms with E-state index < -0.39 is 0 Å². The van der Waals surface area contributed by atoms with E-state index in [0.717, 1.165) is 21.4 Å². The molecule has 0 aliphatic heterocycles. The van der Waals surface area contributed by atoms with Gasteiger partial charge in [-0.1, -0.05) is 52.3 Å². The van der Waals surface area contributed by atoms with E-state index in [1.54, 1.807) is 11.0 Å². The topological polar surface area (TPSA) is 30.7 Å². The van der Waals surface area contributed by atoms with Crippen LogP contribution in [0.15, 0.2) is 65.3 Å². The molecule has 0 saturated carbocycles. The fourth-order valence-corrected chi connectivity index (χ4v) is 2.12. The molecule has 0 atom stereocenters. The molecule has 88 valence electrons. The van der Waals surface area contributed by atoms with Crippen LogP contribution in [-0.4, -0.2) is 15.0 Å². The smallest absolute Gasteiger partial charge is 0.113 e. The molecule has 0 aliphatic carbocycles. The number of nitrogens with zero attached hydrogens (tertiary/aromatic N) is 3. The van der Waals surface area contributed by atoms with Gasteiger partial charge in [-0.2, -0.15) is 9.90 Å². The highest BCUT2D eigenvalue weighted by atomic mass is 79.9. The molecule has 3 aromatic rings. The monoisotopic (exact) mass is 299 g/mol. The standard InChI is InChI=1S/C14H10BrN3/c15-12-7-4-8-13(9-12)18-16-10-14(17-18)11-5-2-1-3-6-11/h1-10H. The summed E-state index contributed by atoms with van der Waals surface area (Å²) in [5, 5.41) is 8.77. The van der Waals surface area contributed by atoms with Gasteiger partial charge >= 0.3 is 0 Å². The lowest BCUT2D eigenvalue weighted by molar-refractivity contribution is 0.753. The Kier molecular flexibility index (Phi) is 2.94. The number of rotatable bonds is 2. The van der Waals surface area contributed by atoms with Crippen molar-refractivity contribution in [3.05, 3.63) is 65.3 Å². The zero-order valence-corrected chi connectivity index (χ0v) is 11.1. The van der Waals surface area contributed by atoms with E-state index in [2.05, 4.69) is 26.1 Å². The van der Waals surface area contributed by atoms with Gasteiger partial charge in [-0.15, -0.1) is 5.10 Å². The van der Waals surface area contributed by atoms with Gasteiger partial charge in [0.25, 0.3) is 0 Å². The largest absolute Gasteiger partial charge is 0.156 e. The number of halogens is 1. The quantitative estimate of drug-likeness (QED) is 0.722. The molecule has 3 nitrogen and oxygen atoms in total. The average Bonchev–Trinajstić information content (AvgIpc) is 2.89. The van der Waals surface area contributed by atoms with Crippen molar-refractivity contribution in [2.24, 2.45) is 0 Å². The maximum absolute atomic E-state index is 4.48. The predicted molar refractivity (Wildman–Crippen MR) is 74.5 cm³/mol. The van der Waals surface area contributed by atoms with Crippen molar-refractivity contribution in [3.8, 4) is 16.9 Å². The van der Waals surface area contributed by atoms with Crippen molar-refractivity contribution in [1.82, 2.24) is 15.0 Å². The molecule has 0 bridgehead atoms. The molecule has 0 spiro atoms. The molecule has 3 rings (SSSR count). The molecule has 0 fully saturated rings. The molecule has 18 heavy (non-hydrogen) atoms. The first-order valence-electron chi connectivity index (χ1n) is 5.57. The second-order valence-corrected chi connectivity index (χ2v) is 4.78. The normalized spacial score (nSPS) is 10.5. The maximum Gasteiger partial charge on any atom is 0.113 e. The second kappa shape index (κ2) is 4.74. The van der Waals surface area contributed by atoms with Gasteiger partial charge in [0, 0.05) is 10.0 Å². The van der Waals surface area contributed by atoms with Crippen LogP contribution in [0.25, 0.3) is 16.9 Å². The molecule has 1 aromatic heterocycles. The van der Waals surface area contributed by atoms with Crippen LogP contribution in [0.4, 0.5) is 0 Å². The summed E-state index contributed by atoms with van der Waals surface area (Å²) >= 11 is 3.44. The predicted octanol–water partition coefficient (Wildman–Crippen LogP) is 3.70. The summed E-state index contributed by atoms with van der Waals surface area (Å²) in [5.74, 6) is 0. The Balaban J connectivity index is 2.00. The van der Waals surface area contributed by atoms with E-state index >= 15 is 0 Å². The van der Waals surface area contributed by atoms with Crippen molar-refractivity contribution in [3.63, 3.8) is 0 Å². The lowest BCUT2D eigenvalue weighted by Gasteiger charge is -1.99. The molecule has 2 aromatic carbocycles. The Hall–Kier alpha value is -1.94. The molecular formula is C14H10BrN3. The average molecular weight is 300 g/mol. The van der Waals surface area contributed by atoms with Gasteiger partial charge < -0.3 is 0 Å². The van der Waals surface area contributed by atoms with Crippen LogP contribution in [-0.2, 0) is 0 Å². The van der Waals surface area contributed by atoms with E-state index in [4.69, 9.17) is 0 Å². The van der Waals surface area contributed by atoms with Crippen LogP contribution >= 0.6 is 15.9 Å². The van der Waals surface area contributed by atoms with Crippen molar-refractivity contribution < 1.29 is 0 Å². The van der Waals surface area contributed by atoms with Crippen molar-refractivity contribution in [2.75, 3.05) is 0 Å². The number of benzene rings is 2. The van der Waals surface area contributed by atoms with E-state index in [-0.39, 0.29) is 0 Å². The summed E-state index contributed by atoms with van der Waals surface area (Å²) < 4.78 is 1.01. The van der Waals surface area contributed by atoms with Gasteiger partial charge in [0.2, 0.25) is 0 Å². The minimum absolute atomic E-state index is 0.871. The zero-order valence-electron chi connectivity index (χ0n) is 9.49. The third-order valence-corrected chi connectivity index (χ3v) is 3.09. The molecule has 0 unspecified atom stereocenters. The first kappa shape index (κ1) is 11.2. The highest BCUT2D eigenvalue weighted by molar-refractivity contribution is 9.10. The van der Waals surface area contributed by atoms with Crippen LogP contribution in [0.1, 0.15) is 0 Å². The van der Waals surface area contributed by atoms with Gasteiger partial charge in [0.1, 0.15) is 5.69 Å². The summed E-state index contributed by atoms with van der Waals surface area (Å²) in [6.45, 7) is 0.